The van der Waals surface area contributed by atoms with E-state index in [2.05, 4.69) is 36.0 Å². The minimum absolute atomic E-state index is 0.623. The summed E-state index contributed by atoms with van der Waals surface area (Å²) in [6.07, 6.45) is 5.53. The van der Waals surface area contributed by atoms with Crippen LogP contribution in [-0.2, 0) is 0 Å². The summed E-state index contributed by atoms with van der Waals surface area (Å²) in [5, 5.41) is 3.71. The van der Waals surface area contributed by atoms with Gasteiger partial charge in [-0.05, 0) is 58.3 Å². The van der Waals surface area contributed by atoms with E-state index in [1.807, 2.05) is 0 Å². The quantitative estimate of drug-likeness (QED) is 0.824. The van der Waals surface area contributed by atoms with Crippen LogP contribution in [0.1, 0.15) is 39.5 Å². The second kappa shape index (κ2) is 6.88. The van der Waals surface area contributed by atoms with Crippen LogP contribution in [-0.4, -0.2) is 61.7 Å². The van der Waals surface area contributed by atoms with Crippen molar-refractivity contribution in [1.29, 1.82) is 0 Å². The molecule has 106 valence electrons. The fourth-order valence-corrected chi connectivity index (χ4v) is 3.44. The van der Waals surface area contributed by atoms with Gasteiger partial charge in [0.1, 0.15) is 0 Å². The van der Waals surface area contributed by atoms with Crippen LogP contribution in [0.3, 0.4) is 0 Å². The van der Waals surface area contributed by atoms with Crippen LogP contribution in [0.15, 0.2) is 0 Å². The van der Waals surface area contributed by atoms with Gasteiger partial charge in [0.25, 0.3) is 0 Å². The molecular weight excluding hydrogens is 222 g/mol. The number of rotatable bonds is 4. The van der Waals surface area contributed by atoms with Gasteiger partial charge in [0.05, 0.1) is 0 Å². The molecule has 2 aliphatic heterocycles. The van der Waals surface area contributed by atoms with Crippen molar-refractivity contribution >= 4 is 0 Å². The van der Waals surface area contributed by atoms with Crippen LogP contribution in [0.5, 0.6) is 0 Å². The zero-order valence-corrected chi connectivity index (χ0v) is 12.5. The normalized spacial score (nSPS) is 29.0. The van der Waals surface area contributed by atoms with E-state index in [-0.39, 0.29) is 0 Å². The molecule has 2 heterocycles. The van der Waals surface area contributed by atoms with Crippen molar-refractivity contribution in [2.24, 2.45) is 5.92 Å². The smallest absolute Gasteiger partial charge is 0.0197 e. The number of nitrogens with one attached hydrogen (secondary N) is 1. The van der Waals surface area contributed by atoms with Gasteiger partial charge in [-0.25, -0.2) is 0 Å². The number of hydrogen-bond donors (Lipinski definition) is 1. The number of piperidine rings is 2. The lowest BCUT2D eigenvalue weighted by Crippen LogP contribution is -2.49. The SMILES string of the molecule is CC(C)N[C@@H]1CCCN(CC2CCN(C)CC2)C1. The van der Waals surface area contributed by atoms with Crippen LogP contribution in [0, 0.1) is 5.92 Å². The number of nitrogens with zero attached hydrogens (tertiary/aromatic N) is 2. The molecule has 2 fully saturated rings. The molecule has 2 aliphatic rings. The molecule has 3 heteroatoms. The lowest BCUT2D eigenvalue weighted by Gasteiger charge is -2.38. The summed E-state index contributed by atoms with van der Waals surface area (Å²) in [5.41, 5.74) is 0. The molecule has 0 aromatic rings. The largest absolute Gasteiger partial charge is 0.311 e. The standard InChI is InChI=1S/C15H31N3/c1-13(2)16-15-5-4-8-18(12-15)11-14-6-9-17(3)10-7-14/h13-16H,4-12H2,1-3H3/t15-/m1/s1. The van der Waals surface area contributed by atoms with E-state index in [9.17, 15) is 0 Å². The second-order valence-electron chi connectivity index (χ2n) is 6.67. The maximum atomic E-state index is 3.71. The highest BCUT2D eigenvalue weighted by Gasteiger charge is 2.24. The fraction of sp³-hybridized carbons (Fsp3) is 1.00. The van der Waals surface area contributed by atoms with E-state index in [4.69, 9.17) is 0 Å². The summed E-state index contributed by atoms with van der Waals surface area (Å²) in [5.74, 6) is 0.944. The molecule has 2 saturated heterocycles. The van der Waals surface area contributed by atoms with Gasteiger partial charge in [0, 0.05) is 25.2 Å². The predicted octanol–water partition coefficient (Wildman–Crippen LogP) is 1.79. The van der Waals surface area contributed by atoms with Crippen LogP contribution < -0.4 is 5.32 Å². The minimum Gasteiger partial charge on any atom is -0.311 e. The van der Waals surface area contributed by atoms with Crippen molar-refractivity contribution in [2.45, 2.75) is 51.6 Å². The van der Waals surface area contributed by atoms with Crippen molar-refractivity contribution in [3.05, 3.63) is 0 Å². The van der Waals surface area contributed by atoms with E-state index in [1.165, 1.54) is 58.4 Å². The third kappa shape index (κ3) is 4.52. The topological polar surface area (TPSA) is 18.5 Å². The lowest BCUT2D eigenvalue weighted by molar-refractivity contribution is 0.128. The van der Waals surface area contributed by atoms with Crippen molar-refractivity contribution < 1.29 is 0 Å². The van der Waals surface area contributed by atoms with E-state index < -0.39 is 0 Å². The third-order valence-electron chi connectivity index (χ3n) is 4.43. The first-order valence-corrected chi connectivity index (χ1v) is 7.80. The molecule has 0 bridgehead atoms. The van der Waals surface area contributed by atoms with Crippen molar-refractivity contribution in [1.82, 2.24) is 15.1 Å². The van der Waals surface area contributed by atoms with Crippen LogP contribution >= 0.6 is 0 Å². The van der Waals surface area contributed by atoms with Crippen LogP contribution in [0.2, 0.25) is 0 Å². The molecule has 0 aromatic heterocycles. The average molecular weight is 253 g/mol. The van der Waals surface area contributed by atoms with Gasteiger partial charge in [-0.15, -0.1) is 0 Å². The maximum Gasteiger partial charge on any atom is 0.0197 e. The molecule has 18 heavy (non-hydrogen) atoms. The average Bonchev–Trinajstić information content (AvgIpc) is 2.32. The Kier molecular flexibility index (Phi) is 5.46. The maximum absolute atomic E-state index is 3.71. The van der Waals surface area contributed by atoms with Gasteiger partial charge in [-0.2, -0.15) is 0 Å². The first kappa shape index (κ1) is 14.3. The van der Waals surface area contributed by atoms with Gasteiger partial charge >= 0.3 is 0 Å². The molecular formula is C15H31N3. The second-order valence-corrected chi connectivity index (χ2v) is 6.67. The molecule has 0 saturated carbocycles. The van der Waals surface area contributed by atoms with Crippen molar-refractivity contribution in [2.75, 3.05) is 39.8 Å². The summed E-state index contributed by atoms with van der Waals surface area (Å²) >= 11 is 0. The minimum atomic E-state index is 0.623. The van der Waals surface area contributed by atoms with Gasteiger partial charge in [-0.1, -0.05) is 13.8 Å². The molecule has 0 aliphatic carbocycles. The Morgan fingerprint density at radius 2 is 1.83 bits per heavy atom. The first-order chi connectivity index (χ1) is 8.63. The molecule has 1 N–H and O–H groups in total. The highest BCUT2D eigenvalue weighted by atomic mass is 15.2. The highest BCUT2D eigenvalue weighted by molar-refractivity contribution is 4.82. The van der Waals surface area contributed by atoms with Crippen LogP contribution in [0.4, 0.5) is 0 Å². The summed E-state index contributed by atoms with van der Waals surface area (Å²) < 4.78 is 0. The summed E-state index contributed by atoms with van der Waals surface area (Å²) in [6, 6.07) is 1.35. The van der Waals surface area contributed by atoms with E-state index in [0.29, 0.717) is 6.04 Å². The monoisotopic (exact) mass is 253 g/mol. The van der Waals surface area contributed by atoms with Gasteiger partial charge in [-0.3, -0.25) is 0 Å². The Morgan fingerprint density at radius 3 is 2.50 bits per heavy atom. The Hall–Kier alpha value is -0.120. The first-order valence-electron chi connectivity index (χ1n) is 7.80. The van der Waals surface area contributed by atoms with Gasteiger partial charge < -0.3 is 15.1 Å². The predicted molar refractivity (Wildman–Crippen MR) is 78.0 cm³/mol. The Bertz CT molecular complexity index is 234. The van der Waals surface area contributed by atoms with E-state index in [0.717, 1.165) is 12.0 Å². The van der Waals surface area contributed by atoms with Crippen molar-refractivity contribution in [3.8, 4) is 0 Å². The highest BCUT2D eigenvalue weighted by Crippen LogP contribution is 2.19. The molecule has 2 rings (SSSR count). The van der Waals surface area contributed by atoms with Crippen LogP contribution in [0.25, 0.3) is 0 Å². The van der Waals surface area contributed by atoms with E-state index in [1.54, 1.807) is 0 Å². The zero-order valence-electron chi connectivity index (χ0n) is 12.5. The zero-order chi connectivity index (χ0) is 13.0. The molecule has 3 nitrogen and oxygen atoms in total. The summed E-state index contributed by atoms with van der Waals surface area (Å²) in [4.78, 5) is 5.18. The Morgan fingerprint density at radius 1 is 1.11 bits per heavy atom. The summed E-state index contributed by atoms with van der Waals surface area (Å²) in [6.45, 7) is 11.0. The number of likely N-dealkylation sites (tertiary alicyclic amines) is 2. The Labute approximate surface area is 113 Å². The lowest BCUT2D eigenvalue weighted by atomic mass is 9.95. The Balaban J connectivity index is 1.72. The molecule has 0 aromatic carbocycles. The van der Waals surface area contributed by atoms with E-state index >= 15 is 0 Å². The fourth-order valence-electron chi connectivity index (χ4n) is 3.44. The van der Waals surface area contributed by atoms with Gasteiger partial charge in [0.15, 0.2) is 0 Å². The number of hydrogen-bond acceptors (Lipinski definition) is 3. The van der Waals surface area contributed by atoms with Crippen molar-refractivity contribution in [3.63, 3.8) is 0 Å². The molecule has 0 radical (unpaired) electrons. The molecule has 1 atom stereocenters. The molecule has 0 amide bonds. The van der Waals surface area contributed by atoms with Gasteiger partial charge in [0.2, 0.25) is 0 Å². The summed E-state index contributed by atoms with van der Waals surface area (Å²) in [7, 11) is 2.25. The molecule has 0 unspecified atom stereocenters. The molecule has 0 spiro atoms. The third-order valence-corrected chi connectivity index (χ3v) is 4.43.